The fourth-order valence-corrected chi connectivity index (χ4v) is 5.42. The van der Waals surface area contributed by atoms with Gasteiger partial charge in [-0.25, -0.2) is 8.42 Å². The number of aliphatic hydroxyl groups excluding tert-OH is 1. The van der Waals surface area contributed by atoms with Crippen LogP contribution in [0.3, 0.4) is 0 Å². The molecule has 0 bridgehead atoms. The molecule has 0 spiro atoms. The van der Waals surface area contributed by atoms with E-state index >= 15 is 0 Å². The van der Waals surface area contributed by atoms with Crippen LogP contribution in [0, 0.1) is 16.0 Å². The molecule has 1 atom stereocenters. The van der Waals surface area contributed by atoms with Crippen LogP contribution < -0.4 is 4.90 Å². The second-order valence-corrected chi connectivity index (χ2v) is 9.59. The van der Waals surface area contributed by atoms with Crippen molar-refractivity contribution >= 4 is 21.4 Å². The molecular formula is C21H27N3O5S. The summed E-state index contributed by atoms with van der Waals surface area (Å²) in [4.78, 5) is 12.8. The van der Waals surface area contributed by atoms with Crippen molar-refractivity contribution in [2.45, 2.75) is 31.2 Å². The highest BCUT2D eigenvalue weighted by Gasteiger charge is 2.31. The van der Waals surface area contributed by atoms with E-state index in [-0.39, 0.29) is 35.3 Å². The zero-order valence-corrected chi connectivity index (χ0v) is 17.8. The van der Waals surface area contributed by atoms with Gasteiger partial charge in [0.25, 0.3) is 5.69 Å². The molecule has 1 N–H and O–H groups in total. The highest BCUT2D eigenvalue weighted by molar-refractivity contribution is 7.89. The summed E-state index contributed by atoms with van der Waals surface area (Å²) in [5, 5.41) is 21.3. The summed E-state index contributed by atoms with van der Waals surface area (Å²) >= 11 is 0. The van der Waals surface area contributed by atoms with Gasteiger partial charge in [-0.2, -0.15) is 4.31 Å². The second-order valence-electron chi connectivity index (χ2n) is 7.65. The van der Waals surface area contributed by atoms with E-state index in [0.29, 0.717) is 19.6 Å². The van der Waals surface area contributed by atoms with E-state index in [2.05, 4.69) is 0 Å². The minimum Gasteiger partial charge on any atom is -0.395 e. The third-order valence-electron chi connectivity index (χ3n) is 5.33. The standard InChI is InChI=1S/C21H27N3O5S/c1-17-6-5-11-23(15-17)30(28,29)19-9-10-20(21(14-19)24(26)27)22(12-13-25)16-18-7-3-2-4-8-18/h2-4,7-10,14,17,25H,5-6,11-13,15-16H2,1H3. The lowest BCUT2D eigenvalue weighted by atomic mass is 10.0. The van der Waals surface area contributed by atoms with Gasteiger partial charge in [-0.3, -0.25) is 10.1 Å². The van der Waals surface area contributed by atoms with Gasteiger partial charge in [0.2, 0.25) is 10.0 Å². The van der Waals surface area contributed by atoms with Crippen molar-refractivity contribution in [1.82, 2.24) is 4.31 Å². The van der Waals surface area contributed by atoms with Gasteiger partial charge in [0.05, 0.1) is 16.4 Å². The quantitative estimate of drug-likeness (QED) is 0.507. The maximum absolute atomic E-state index is 13.1. The number of benzene rings is 2. The highest BCUT2D eigenvalue weighted by atomic mass is 32.2. The van der Waals surface area contributed by atoms with Crippen molar-refractivity contribution in [3.05, 3.63) is 64.2 Å². The lowest BCUT2D eigenvalue weighted by Gasteiger charge is -2.30. The Labute approximate surface area is 176 Å². The molecule has 162 valence electrons. The molecule has 1 heterocycles. The van der Waals surface area contributed by atoms with Crippen molar-refractivity contribution in [3.8, 4) is 0 Å². The van der Waals surface area contributed by atoms with Gasteiger partial charge in [0.1, 0.15) is 5.69 Å². The van der Waals surface area contributed by atoms with E-state index in [1.54, 1.807) is 4.90 Å². The first-order valence-electron chi connectivity index (χ1n) is 10.0. The van der Waals surface area contributed by atoms with Crippen molar-refractivity contribution in [2.24, 2.45) is 5.92 Å². The van der Waals surface area contributed by atoms with Gasteiger partial charge < -0.3 is 10.0 Å². The van der Waals surface area contributed by atoms with E-state index in [1.807, 2.05) is 37.3 Å². The normalized spacial score (nSPS) is 17.6. The second kappa shape index (κ2) is 9.55. The highest BCUT2D eigenvalue weighted by Crippen LogP contribution is 2.33. The summed E-state index contributed by atoms with van der Waals surface area (Å²) in [7, 11) is -3.80. The smallest absolute Gasteiger partial charge is 0.293 e. The molecule has 0 aromatic heterocycles. The number of sulfonamides is 1. The molecule has 1 saturated heterocycles. The number of hydrogen-bond acceptors (Lipinski definition) is 6. The van der Waals surface area contributed by atoms with Crippen LogP contribution in [0.25, 0.3) is 0 Å². The van der Waals surface area contributed by atoms with Crippen molar-refractivity contribution in [1.29, 1.82) is 0 Å². The Morgan fingerprint density at radius 3 is 2.60 bits per heavy atom. The van der Waals surface area contributed by atoms with E-state index < -0.39 is 14.9 Å². The Balaban J connectivity index is 1.97. The summed E-state index contributed by atoms with van der Waals surface area (Å²) in [5.74, 6) is 0.258. The monoisotopic (exact) mass is 433 g/mol. The Kier molecular flexibility index (Phi) is 7.06. The Morgan fingerprint density at radius 1 is 1.23 bits per heavy atom. The number of piperidine rings is 1. The molecule has 1 fully saturated rings. The van der Waals surface area contributed by atoms with Crippen molar-refractivity contribution in [3.63, 3.8) is 0 Å². The number of nitro benzene ring substituents is 1. The maximum Gasteiger partial charge on any atom is 0.293 e. The number of nitro groups is 1. The molecule has 0 amide bonds. The van der Waals surface area contributed by atoms with Crippen LogP contribution in [0.5, 0.6) is 0 Å². The molecule has 2 aromatic rings. The third kappa shape index (κ3) is 4.97. The molecule has 0 aliphatic carbocycles. The molecular weight excluding hydrogens is 406 g/mol. The lowest BCUT2D eigenvalue weighted by molar-refractivity contribution is -0.384. The molecule has 9 heteroatoms. The average Bonchev–Trinajstić information content (AvgIpc) is 2.73. The van der Waals surface area contributed by atoms with E-state index in [0.717, 1.165) is 24.5 Å². The number of anilines is 1. The maximum atomic E-state index is 13.1. The Hall–Kier alpha value is -2.49. The number of rotatable bonds is 8. The summed E-state index contributed by atoms with van der Waals surface area (Å²) in [6.07, 6.45) is 1.75. The molecule has 1 aliphatic rings. The zero-order chi connectivity index (χ0) is 21.7. The predicted octanol–water partition coefficient (Wildman–Crippen LogP) is 3.01. The van der Waals surface area contributed by atoms with E-state index in [1.165, 1.54) is 16.4 Å². The third-order valence-corrected chi connectivity index (χ3v) is 7.19. The van der Waals surface area contributed by atoms with Gasteiger partial charge >= 0.3 is 0 Å². The minimum atomic E-state index is -3.80. The Morgan fingerprint density at radius 2 is 1.97 bits per heavy atom. The van der Waals surface area contributed by atoms with Gasteiger partial charge in [-0.1, -0.05) is 37.3 Å². The summed E-state index contributed by atoms with van der Waals surface area (Å²) in [5.41, 5.74) is 0.925. The first kappa shape index (κ1) is 22.2. The van der Waals surface area contributed by atoms with Crippen molar-refractivity contribution in [2.75, 3.05) is 31.1 Å². The van der Waals surface area contributed by atoms with Crippen molar-refractivity contribution < 1.29 is 18.4 Å². The van der Waals surface area contributed by atoms with Crippen LogP contribution in [0.2, 0.25) is 0 Å². The van der Waals surface area contributed by atoms with Crippen LogP contribution in [-0.2, 0) is 16.6 Å². The van der Waals surface area contributed by atoms with Gasteiger partial charge in [-0.15, -0.1) is 0 Å². The fraction of sp³-hybridized carbons (Fsp3) is 0.429. The molecule has 3 rings (SSSR count). The Bertz CT molecular complexity index is 981. The number of aliphatic hydroxyl groups is 1. The van der Waals surface area contributed by atoms with Crippen LogP contribution >= 0.6 is 0 Å². The van der Waals surface area contributed by atoms with Crippen LogP contribution in [0.1, 0.15) is 25.3 Å². The van der Waals surface area contributed by atoms with Crippen LogP contribution in [0.15, 0.2) is 53.4 Å². The first-order chi connectivity index (χ1) is 14.3. The topological polar surface area (TPSA) is 104 Å². The minimum absolute atomic E-state index is 0.0734. The molecule has 1 aliphatic heterocycles. The molecule has 0 saturated carbocycles. The zero-order valence-electron chi connectivity index (χ0n) is 17.0. The molecule has 1 unspecified atom stereocenters. The molecule has 30 heavy (non-hydrogen) atoms. The number of nitrogens with zero attached hydrogens (tertiary/aromatic N) is 3. The SMILES string of the molecule is CC1CCCN(S(=O)(=O)c2ccc(N(CCO)Cc3ccccc3)c([N+](=O)[O-])c2)C1. The van der Waals surface area contributed by atoms with Gasteiger partial charge in [0, 0.05) is 32.2 Å². The van der Waals surface area contributed by atoms with Gasteiger partial charge in [-0.05, 0) is 36.5 Å². The number of hydrogen-bond donors (Lipinski definition) is 1. The largest absolute Gasteiger partial charge is 0.395 e. The van der Waals surface area contributed by atoms with Gasteiger partial charge in [0.15, 0.2) is 0 Å². The van der Waals surface area contributed by atoms with Crippen LogP contribution in [-0.4, -0.2) is 49.0 Å². The summed E-state index contributed by atoms with van der Waals surface area (Å²) in [6.45, 7) is 3.21. The predicted molar refractivity (Wildman–Crippen MR) is 115 cm³/mol. The summed E-state index contributed by atoms with van der Waals surface area (Å²) < 4.78 is 27.5. The summed E-state index contributed by atoms with van der Waals surface area (Å²) in [6, 6.07) is 13.4. The lowest BCUT2D eigenvalue weighted by Crippen LogP contribution is -2.39. The molecule has 0 radical (unpaired) electrons. The van der Waals surface area contributed by atoms with Crippen LogP contribution in [0.4, 0.5) is 11.4 Å². The van der Waals surface area contributed by atoms with E-state index in [4.69, 9.17) is 0 Å². The van der Waals surface area contributed by atoms with E-state index in [9.17, 15) is 23.6 Å². The fourth-order valence-electron chi connectivity index (χ4n) is 3.80. The average molecular weight is 434 g/mol. The first-order valence-corrected chi connectivity index (χ1v) is 11.4. The molecule has 2 aromatic carbocycles. The molecule has 8 nitrogen and oxygen atoms in total.